The molecule has 3 aromatic heterocycles. The van der Waals surface area contributed by atoms with Crippen molar-refractivity contribution in [3.8, 4) is 10.7 Å². The molecule has 21 heavy (non-hydrogen) atoms. The zero-order valence-electron chi connectivity index (χ0n) is 12.0. The number of hydrogen-bond donors (Lipinski definition) is 2. The van der Waals surface area contributed by atoms with Gasteiger partial charge >= 0.3 is 5.69 Å². The van der Waals surface area contributed by atoms with E-state index in [1.165, 1.54) is 16.1 Å². The molecule has 0 unspecified atom stereocenters. The maximum Gasteiger partial charge on any atom is 0.329 e. The lowest BCUT2D eigenvalue weighted by atomic mass is 9.91. The van der Waals surface area contributed by atoms with E-state index >= 15 is 0 Å². The van der Waals surface area contributed by atoms with E-state index < -0.39 is 11.2 Å². The number of nitrogens with zero attached hydrogens (tertiary/aromatic N) is 4. The molecule has 0 aromatic carbocycles. The second-order valence-electron chi connectivity index (χ2n) is 5.80. The number of aryl methyl sites for hydroxylation is 1. The second-order valence-corrected chi connectivity index (χ2v) is 6.56. The summed E-state index contributed by atoms with van der Waals surface area (Å²) in [7, 11) is 1.56. The lowest BCUT2D eigenvalue weighted by Crippen LogP contribution is -2.28. The fourth-order valence-electron chi connectivity index (χ4n) is 2.05. The van der Waals surface area contributed by atoms with Crippen LogP contribution in [0.25, 0.3) is 21.9 Å². The molecule has 0 aliphatic carbocycles. The van der Waals surface area contributed by atoms with Crippen LogP contribution in [-0.4, -0.2) is 29.1 Å². The van der Waals surface area contributed by atoms with Crippen LogP contribution in [0.2, 0.25) is 0 Å². The van der Waals surface area contributed by atoms with Crippen molar-refractivity contribution >= 4 is 22.7 Å². The average molecular weight is 306 g/mol. The highest BCUT2D eigenvalue weighted by atomic mass is 32.1. The maximum absolute atomic E-state index is 11.8. The number of fused-ring (bicyclic) bond motifs is 1. The summed E-state index contributed by atoms with van der Waals surface area (Å²) in [6, 6.07) is 0. The van der Waals surface area contributed by atoms with E-state index in [0.29, 0.717) is 11.5 Å². The Morgan fingerprint density at radius 2 is 1.90 bits per heavy atom. The molecule has 0 radical (unpaired) electrons. The fourth-order valence-corrected chi connectivity index (χ4v) is 2.87. The average Bonchev–Trinajstić information content (AvgIpc) is 3.01. The van der Waals surface area contributed by atoms with E-state index in [1.807, 2.05) is 20.8 Å². The van der Waals surface area contributed by atoms with Gasteiger partial charge in [0, 0.05) is 12.5 Å². The molecular weight excluding hydrogens is 292 g/mol. The van der Waals surface area contributed by atoms with Gasteiger partial charge in [0.25, 0.3) is 5.56 Å². The predicted molar refractivity (Wildman–Crippen MR) is 79.6 cm³/mol. The van der Waals surface area contributed by atoms with Crippen LogP contribution in [0.1, 0.15) is 26.5 Å². The Labute approximate surface area is 123 Å². The summed E-state index contributed by atoms with van der Waals surface area (Å²) >= 11 is 1.21. The first kappa shape index (κ1) is 13.7. The smallest absolute Gasteiger partial charge is 0.329 e. The molecule has 9 heteroatoms. The van der Waals surface area contributed by atoms with E-state index in [4.69, 9.17) is 0 Å². The Balaban J connectivity index is 2.31. The van der Waals surface area contributed by atoms with E-state index in [9.17, 15) is 9.59 Å². The minimum Gasteiger partial charge on any atom is -0.331 e. The first-order chi connectivity index (χ1) is 9.79. The van der Waals surface area contributed by atoms with Crippen molar-refractivity contribution in [2.24, 2.45) is 7.05 Å². The second kappa shape index (κ2) is 4.35. The van der Waals surface area contributed by atoms with Crippen molar-refractivity contribution in [3.63, 3.8) is 0 Å². The SMILES string of the molecule is Cn1c(=O)[nH]c(=O)c2[nH]c(-c3snnc3C(C)(C)C)nc21. The van der Waals surface area contributed by atoms with Gasteiger partial charge in [-0.1, -0.05) is 25.3 Å². The summed E-state index contributed by atoms with van der Waals surface area (Å²) in [4.78, 5) is 33.8. The number of aromatic amines is 2. The number of aromatic nitrogens is 6. The van der Waals surface area contributed by atoms with Crippen LogP contribution < -0.4 is 11.2 Å². The molecular formula is C12H14N6O2S. The summed E-state index contributed by atoms with van der Waals surface area (Å²) in [5.41, 5.74) is 0.200. The highest BCUT2D eigenvalue weighted by Crippen LogP contribution is 2.32. The molecule has 0 saturated heterocycles. The minimum absolute atomic E-state index is 0.195. The van der Waals surface area contributed by atoms with Gasteiger partial charge in [0.15, 0.2) is 11.5 Å². The van der Waals surface area contributed by atoms with Gasteiger partial charge in [0.2, 0.25) is 0 Å². The Hall–Kier alpha value is -2.29. The predicted octanol–water partition coefficient (Wildman–Crippen LogP) is 0.766. The van der Waals surface area contributed by atoms with Crippen LogP contribution in [0.15, 0.2) is 9.59 Å². The summed E-state index contributed by atoms with van der Waals surface area (Å²) < 4.78 is 5.27. The molecule has 3 heterocycles. The number of rotatable bonds is 1. The van der Waals surface area contributed by atoms with E-state index in [1.54, 1.807) is 7.05 Å². The van der Waals surface area contributed by atoms with E-state index in [2.05, 4.69) is 24.5 Å². The molecule has 0 aliphatic rings. The largest absolute Gasteiger partial charge is 0.331 e. The Kier molecular flexibility index (Phi) is 2.84. The third-order valence-electron chi connectivity index (χ3n) is 3.17. The van der Waals surface area contributed by atoms with Gasteiger partial charge < -0.3 is 4.98 Å². The number of imidazole rings is 1. The number of nitrogens with one attached hydrogen (secondary N) is 2. The molecule has 3 aromatic rings. The Bertz CT molecular complexity index is 939. The van der Waals surface area contributed by atoms with Gasteiger partial charge in [-0.3, -0.25) is 14.3 Å². The lowest BCUT2D eigenvalue weighted by molar-refractivity contribution is 0.568. The topological polar surface area (TPSA) is 109 Å². The van der Waals surface area contributed by atoms with Crippen LogP contribution in [0.4, 0.5) is 0 Å². The quantitative estimate of drug-likeness (QED) is 0.690. The molecule has 2 N–H and O–H groups in total. The molecule has 0 bridgehead atoms. The normalized spacial score (nSPS) is 12.2. The van der Waals surface area contributed by atoms with Gasteiger partial charge in [0.1, 0.15) is 10.4 Å². The first-order valence-electron chi connectivity index (χ1n) is 6.31. The summed E-state index contributed by atoms with van der Waals surface area (Å²) in [5.74, 6) is 0.497. The molecule has 0 fully saturated rings. The number of hydrogen-bond acceptors (Lipinski definition) is 6. The summed E-state index contributed by atoms with van der Waals surface area (Å²) in [6.45, 7) is 6.08. The van der Waals surface area contributed by atoms with Gasteiger partial charge in [-0.2, -0.15) is 0 Å². The van der Waals surface area contributed by atoms with Gasteiger partial charge in [-0.05, 0) is 11.5 Å². The zero-order valence-corrected chi connectivity index (χ0v) is 12.8. The Morgan fingerprint density at radius 3 is 2.57 bits per heavy atom. The molecule has 110 valence electrons. The van der Waals surface area contributed by atoms with Gasteiger partial charge in [0.05, 0.1) is 5.69 Å². The summed E-state index contributed by atoms with van der Waals surface area (Å²) in [5, 5.41) is 4.15. The van der Waals surface area contributed by atoms with Crippen LogP contribution in [0.5, 0.6) is 0 Å². The standard InChI is InChI=1S/C12H14N6O2S/c1-12(2,3)7-6(21-17-16-7)8-13-5-9(14-8)18(4)11(20)15-10(5)19/h1-4H3,(H,13,14)(H,15,19,20). The zero-order chi connectivity index (χ0) is 15.4. The molecule has 0 spiro atoms. The minimum atomic E-state index is -0.496. The Morgan fingerprint density at radius 1 is 1.19 bits per heavy atom. The van der Waals surface area contributed by atoms with Crippen LogP contribution in [-0.2, 0) is 12.5 Å². The van der Waals surface area contributed by atoms with Crippen LogP contribution >= 0.6 is 11.5 Å². The van der Waals surface area contributed by atoms with Gasteiger partial charge in [-0.15, -0.1) is 5.10 Å². The molecule has 3 rings (SSSR count). The van der Waals surface area contributed by atoms with Crippen molar-refractivity contribution in [2.75, 3.05) is 0 Å². The highest BCUT2D eigenvalue weighted by Gasteiger charge is 2.25. The van der Waals surface area contributed by atoms with E-state index in [0.717, 1.165) is 10.6 Å². The molecule has 0 atom stereocenters. The van der Waals surface area contributed by atoms with Gasteiger partial charge in [-0.25, -0.2) is 9.78 Å². The number of H-pyrrole nitrogens is 2. The monoisotopic (exact) mass is 306 g/mol. The highest BCUT2D eigenvalue weighted by molar-refractivity contribution is 7.09. The lowest BCUT2D eigenvalue weighted by Gasteiger charge is -2.15. The van der Waals surface area contributed by atoms with Crippen LogP contribution in [0, 0.1) is 0 Å². The van der Waals surface area contributed by atoms with Crippen molar-refractivity contribution in [2.45, 2.75) is 26.2 Å². The molecule has 0 saturated carbocycles. The van der Waals surface area contributed by atoms with Crippen molar-refractivity contribution in [1.82, 2.24) is 29.1 Å². The maximum atomic E-state index is 11.8. The third-order valence-corrected chi connectivity index (χ3v) is 3.90. The third kappa shape index (κ3) is 2.09. The van der Waals surface area contributed by atoms with Crippen molar-refractivity contribution in [1.29, 1.82) is 0 Å². The molecule has 0 aliphatic heterocycles. The van der Waals surface area contributed by atoms with Crippen molar-refractivity contribution < 1.29 is 0 Å². The molecule has 0 amide bonds. The van der Waals surface area contributed by atoms with E-state index in [-0.39, 0.29) is 10.9 Å². The molecule has 8 nitrogen and oxygen atoms in total. The fraction of sp³-hybridized carbons (Fsp3) is 0.417. The summed E-state index contributed by atoms with van der Waals surface area (Å²) in [6.07, 6.45) is 0. The van der Waals surface area contributed by atoms with Crippen molar-refractivity contribution in [3.05, 3.63) is 26.5 Å². The van der Waals surface area contributed by atoms with Crippen LogP contribution in [0.3, 0.4) is 0 Å². The first-order valence-corrected chi connectivity index (χ1v) is 7.08.